The molecule has 7 nitrogen and oxygen atoms in total. The van der Waals surface area contributed by atoms with Gasteiger partial charge in [-0.25, -0.2) is 9.78 Å². The van der Waals surface area contributed by atoms with E-state index in [0.717, 1.165) is 31.5 Å². The van der Waals surface area contributed by atoms with Crippen molar-refractivity contribution in [1.29, 1.82) is 0 Å². The molecule has 1 saturated carbocycles. The number of aromatic carboxylic acids is 1. The highest BCUT2D eigenvalue weighted by molar-refractivity contribution is 5.88. The highest BCUT2D eigenvalue weighted by Crippen LogP contribution is 2.33. The summed E-state index contributed by atoms with van der Waals surface area (Å²) in [5.74, 6) is -0.138. The molecule has 1 aromatic heterocycles. The number of carboxylic acid groups (broad SMARTS) is 1. The van der Waals surface area contributed by atoms with Crippen LogP contribution in [0.15, 0.2) is 12.3 Å². The zero-order chi connectivity index (χ0) is 15.6. The highest BCUT2D eigenvalue weighted by atomic mass is 16.6. The molecular formula is C14H19N3O4. The molecule has 7 heteroatoms. The number of nitrogens with one attached hydrogen (secondary N) is 1. The Balaban J connectivity index is 2.27. The van der Waals surface area contributed by atoms with Crippen molar-refractivity contribution in [3.63, 3.8) is 0 Å². The van der Waals surface area contributed by atoms with Gasteiger partial charge in [-0.2, -0.15) is 0 Å². The number of pyridine rings is 1. The van der Waals surface area contributed by atoms with Crippen LogP contribution in [0.4, 0.5) is 11.5 Å². The summed E-state index contributed by atoms with van der Waals surface area (Å²) in [6, 6.07) is 1.17. The molecule has 1 aliphatic carbocycles. The van der Waals surface area contributed by atoms with Gasteiger partial charge in [0, 0.05) is 18.3 Å². The first-order chi connectivity index (χ1) is 9.90. The summed E-state index contributed by atoms with van der Waals surface area (Å²) in [6.45, 7) is 4.30. The summed E-state index contributed by atoms with van der Waals surface area (Å²) in [6.07, 6.45) is 4.32. The first kappa shape index (κ1) is 15.2. The summed E-state index contributed by atoms with van der Waals surface area (Å²) in [5.41, 5.74) is -0.474. The van der Waals surface area contributed by atoms with Crippen molar-refractivity contribution < 1.29 is 14.8 Å². The van der Waals surface area contributed by atoms with Crippen molar-refractivity contribution in [2.75, 3.05) is 5.32 Å². The molecule has 21 heavy (non-hydrogen) atoms. The lowest BCUT2D eigenvalue weighted by molar-refractivity contribution is -0.384. The minimum absolute atomic E-state index is 0.121. The molecule has 1 heterocycles. The first-order valence-corrected chi connectivity index (χ1v) is 7.04. The number of carbonyl (C=O) groups is 1. The molecule has 0 saturated heterocycles. The van der Waals surface area contributed by atoms with E-state index < -0.39 is 10.9 Å². The van der Waals surface area contributed by atoms with Crippen LogP contribution in [0, 0.1) is 22.0 Å². The van der Waals surface area contributed by atoms with Crippen LogP contribution >= 0.6 is 0 Å². The van der Waals surface area contributed by atoms with E-state index >= 15 is 0 Å². The molecule has 0 spiro atoms. The Labute approximate surface area is 122 Å². The van der Waals surface area contributed by atoms with Crippen LogP contribution in [0.25, 0.3) is 0 Å². The summed E-state index contributed by atoms with van der Waals surface area (Å²) in [7, 11) is 0. The van der Waals surface area contributed by atoms with Gasteiger partial charge in [-0.05, 0) is 18.3 Å². The second kappa shape index (κ2) is 6.07. The summed E-state index contributed by atoms with van der Waals surface area (Å²) < 4.78 is 0. The average molecular weight is 293 g/mol. The minimum atomic E-state index is -1.23. The topological polar surface area (TPSA) is 105 Å². The van der Waals surface area contributed by atoms with E-state index in [1.807, 2.05) is 0 Å². The summed E-state index contributed by atoms with van der Waals surface area (Å²) in [4.78, 5) is 25.3. The standard InChI is InChI=1S/C14H19N3O4/c1-8-4-3-5-11(9(8)2)16-13-12(17(20)21)6-10(7-15-13)14(18)19/h6-9,11H,3-5H2,1-2H3,(H,15,16)(H,18,19). The Bertz CT molecular complexity index is 561. The Hall–Kier alpha value is -2.18. The Morgan fingerprint density at radius 1 is 1.48 bits per heavy atom. The summed E-state index contributed by atoms with van der Waals surface area (Å²) >= 11 is 0. The molecule has 2 N–H and O–H groups in total. The predicted octanol–water partition coefficient (Wildman–Crippen LogP) is 2.92. The van der Waals surface area contributed by atoms with Crippen LogP contribution in [-0.2, 0) is 0 Å². The zero-order valence-electron chi connectivity index (χ0n) is 12.1. The van der Waals surface area contributed by atoms with E-state index in [9.17, 15) is 14.9 Å². The average Bonchev–Trinajstić information content (AvgIpc) is 2.43. The number of rotatable bonds is 4. The number of aromatic nitrogens is 1. The maximum Gasteiger partial charge on any atom is 0.337 e. The SMILES string of the molecule is CC1CCCC(Nc2ncc(C(=O)O)cc2[N+](=O)[O-])C1C. The van der Waals surface area contributed by atoms with Crippen molar-refractivity contribution >= 4 is 17.5 Å². The highest BCUT2D eigenvalue weighted by Gasteiger charge is 2.29. The Morgan fingerprint density at radius 2 is 2.19 bits per heavy atom. The van der Waals surface area contributed by atoms with Gasteiger partial charge in [0.2, 0.25) is 5.82 Å². The van der Waals surface area contributed by atoms with Gasteiger partial charge in [0.05, 0.1) is 10.5 Å². The van der Waals surface area contributed by atoms with Crippen LogP contribution in [0.2, 0.25) is 0 Å². The van der Waals surface area contributed by atoms with Crippen LogP contribution in [0.1, 0.15) is 43.5 Å². The van der Waals surface area contributed by atoms with Gasteiger partial charge >= 0.3 is 11.7 Å². The fraction of sp³-hybridized carbons (Fsp3) is 0.571. The smallest absolute Gasteiger partial charge is 0.337 e. The lowest BCUT2D eigenvalue weighted by Crippen LogP contribution is -2.35. The molecular weight excluding hydrogens is 274 g/mol. The van der Waals surface area contributed by atoms with E-state index in [4.69, 9.17) is 5.11 Å². The quantitative estimate of drug-likeness (QED) is 0.653. The van der Waals surface area contributed by atoms with E-state index in [1.54, 1.807) is 0 Å². The number of carboxylic acids is 1. The van der Waals surface area contributed by atoms with Crippen molar-refractivity contribution in [2.45, 2.75) is 39.2 Å². The monoisotopic (exact) mass is 293 g/mol. The molecule has 1 aliphatic rings. The first-order valence-electron chi connectivity index (χ1n) is 7.04. The third-order valence-corrected chi connectivity index (χ3v) is 4.34. The van der Waals surface area contributed by atoms with Crippen molar-refractivity contribution in [2.24, 2.45) is 11.8 Å². The summed E-state index contributed by atoms with van der Waals surface area (Å²) in [5, 5.41) is 23.1. The van der Waals surface area contributed by atoms with E-state index in [0.29, 0.717) is 11.8 Å². The molecule has 1 fully saturated rings. The van der Waals surface area contributed by atoms with Gasteiger partial charge in [-0.3, -0.25) is 10.1 Å². The van der Waals surface area contributed by atoms with Crippen molar-refractivity contribution in [3.05, 3.63) is 27.9 Å². The molecule has 0 aliphatic heterocycles. The molecule has 0 amide bonds. The molecule has 0 radical (unpaired) electrons. The van der Waals surface area contributed by atoms with Gasteiger partial charge in [0.1, 0.15) is 0 Å². The number of nitrogens with zero attached hydrogens (tertiary/aromatic N) is 2. The fourth-order valence-corrected chi connectivity index (χ4v) is 2.78. The van der Waals surface area contributed by atoms with Gasteiger partial charge in [-0.15, -0.1) is 0 Å². The van der Waals surface area contributed by atoms with Crippen LogP contribution in [0.3, 0.4) is 0 Å². The second-order valence-electron chi connectivity index (χ2n) is 5.67. The lowest BCUT2D eigenvalue weighted by atomic mass is 9.78. The number of nitro groups is 1. The van der Waals surface area contributed by atoms with E-state index in [2.05, 4.69) is 24.1 Å². The van der Waals surface area contributed by atoms with E-state index in [1.165, 1.54) is 0 Å². The largest absolute Gasteiger partial charge is 0.478 e. The third kappa shape index (κ3) is 3.29. The molecule has 2 rings (SSSR count). The lowest BCUT2D eigenvalue weighted by Gasteiger charge is -2.34. The van der Waals surface area contributed by atoms with Gasteiger partial charge in [-0.1, -0.05) is 26.7 Å². The molecule has 3 atom stereocenters. The third-order valence-electron chi connectivity index (χ3n) is 4.34. The number of hydrogen-bond acceptors (Lipinski definition) is 5. The molecule has 0 aromatic carbocycles. The van der Waals surface area contributed by atoms with Crippen molar-refractivity contribution in [3.8, 4) is 0 Å². The maximum atomic E-state index is 11.1. The Kier molecular flexibility index (Phi) is 4.40. The predicted molar refractivity (Wildman–Crippen MR) is 77.4 cm³/mol. The fourth-order valence-electron chi connectivity index (χ4n) is 2.78. The van der Waals surface area contributed by atoms with Gasteiger partial charge in [0.25, 0.3) is 0 Å². The van der Waals surface area contributed by atoms with Crippen LogP contribution < -0.4 is 5.32 Å². The molecule has 0 bridgehead atoms. The Morgan fingerprint density at radius 3 is 2.81 bits per heavy atom. The molecule has 1 aromatic rings. The van der Waals surface area contributed by atoms with Gasteiger partial charge in [0.15, 0.2) is 0 Å². The van der Waals surface area contributed by atoms with E-state index in [-0.39, 0.29) is 23.1 Å². The van der Waals surface area contributed by atoms with Gasteiger partial charge < -0.3 is 10.4 Å². The number of anilines is 1. The molecule has 114 valence electrons. The maximum absolute atomic E-state index is 11.1. The minimum Gasteiger partial charge on any atom is -0.478 e. The van der Waals surface area contributed by atoms with Crippen molar-refractivity contribution in [1.82, 2.24) is 4.98 Å². The normalized spacial score (nSPS) is 25.3. The number of hydrogen-bond donors (Lipinski definition) is 2. The van der Waals surface area contributed by atoms with Crippen LogP contribution in [0.5, 0.6) is 0 Å². The zero-order valence-corrected chi connectivity index (χ0v) is 12.1. The molecule has 3 unspecified atom stereocenters. The van der Waals surface area contributed by atoms with Crippen LogP contribution in [-0.4, -0.2) is 27.0 Å². The second-order valence-corrected chi connectivity index (χ2v) is 5.67.